The second-order valence-electron chi connectivity index (χ2n) is 6.85. The van der Waals surface area contributed by atoms with Gasteiger partial charge in [0.05, 0.1) is 23.1 Å². The molecule has 0 aliphatic rings. The van der Waals surface area contributed by atoms with Crippen LogP contribution >= 0.6 is 0 Å². The van der Waals surface area contributed by atoms with Gasteiger partial charge < -0.3 is 15.6 Å². The highest BCUT2D eigenvalue weighted by atomic mass is 16.1. The van der Waals surface area contributed by atoms with E-state index in [9.17, 15) is 4.79 Å². The summed E-state index contributed by atoms with van der Waals surface area (Å²) < 4.78 is 0. The number of carbonyl (C=O) groups is 1. The summed E-state index contributed by atoms with van der Waals surface area (Å²) in [6.45, 7) is 0.316. The van der Waals surface area contributed by atoms with Gasteiger partial charge in [-0.25, -0.2) is 9.97 Å². The molecule has 5 aromatic rings. The van der Waals surface area contributed by atoms with Crippen LogP contribution in [0.5, 0.6) is 0 Å². The Labute approximate surface area is 172 Å². The molecule has 0 aliphatic heterocycles. The Balaban J connectivity index is 1.29. The number of benzene rings is 2. The Morgan fingerprint density at radius 3 is 2.77 bits per heavy atom. The van der Waals surface area contributed by atoms with Gasteiger partial charge in [0.1, 0.15) is 11.6 Å². The lowest BCUT2D eigenvalue weighted by atomic mass is 10.2. The number of carbonyl (C=O) groups excluding carboxylic acids is 1. The summed E-state index contributed by atoms with van der Waals surface area (Å²) in [5, 5.41) is 7.17. The van der Waals surface area contributed by atoms with Crippen LogP contribution in [-0.2, 0) is 6.54 Å². The maximum Gasteiger partial charge on any atom is 0.251 e. The number of pyridine rings is 2. The van der Waals surface area contributed by atoms with Crippen molar-refractivity contribution in [3.8, 4) is 0 Å². The lowest BCUT2D eigenvalue weighted by molar-refractivity contribution is 0.0950. The van der Waals surface area contributed by atoms with E-state index in [1.807, 2.05) is 54.6 Å². The van der Waals surface area contributed by atoms with Crippen molar-refractivity contribution < 1.29 is 4.79 Å². The van der Waals surface area contributed by atoms with Gasteiger partial charge in [0.2, 0.25) is 0 Å². The van der Waals surface area contributed by atoms with E-state index < -0.39 is 0 Å². The zero-order valence-corrected chi connectivity index (χ0v) is 16.0. The first-order chi connectivity index (χ1) is 14.7. The van der Waals surface area contributed by atoms with Gasteiger partial charge in [0.25, 0.3) is 5.91 Å². The molecule has 146 valence electrons. The average Bonchev–Trinajstić information content (AvgIpc) is 3.21. The second-order valence-corrected chi connectivity index (χ2v) is 6.85. The van der Waals surface area contributed by atoms with E-state index in [2.05, 4.69) is 30.6 Å². The van der Waals surface area contributed by atoms with Gasteiger partial charge in [-0.15, -0.1) is 0 Å². The summed E-state index contributed by atoms with van der Waals surface area (Å²) in [7, 11) is 0. The number of hydrogen-bond donors (Lipinski definition) is 3. The Morgan fingerprint density at radius 2 is 1.83 bits per heavy atom. The van der Waals surface area contributed by atoms with Crippen molar-refractivity contribution >= 4 is 39.3 Å². The number of H-pyrrole nitrogens is 1. The predicted octanol–water partition coefficient (Wildman–Crippen LogP) is 4.18. The number of rotatable bonds is 5. The summed E-state index contributed by atoms with van der Waals surface area (Å²) in [6, 6.07) is 21.0. The van der Waals surface area contributed by atoms with Crippen LogP contribution in [0.15, 0.2) is 79.1 Å². The third-order valence-electron chi connectivity index (χ3n) is 4.75. The van der Waals surface area contributed by atoms with E-state index in [1.54, 1.807) is 24.5 Å². The first-order valence-electron chi connectivity index (χ1n) is 9.54. The van der Waals surface area contributed by atoms with E-state index in [1.165, 1.54) is 0 Å². The summed E-state index contributed by atoms with van der Waals surface area (Å²) >= 11 is 0. The second kappa shape index (κ2) is 7.63. The molecule has 3 heterocycles. The van der Waals surface area contributed by atoms with Crippen molar-refractivity contribution in [2.45, 2.75) is 6.54 Å². The number of aromatic nitrogens is 4. The number of imidazole rings is 1. The molecule has 30 heavy (non-hydrogen) atoms. The molecule has 1 amide bonds. The van der Waals surface area contributed by atoms with Crippen molar-refractivity contribution in [3.05, 3.63) is 90.5 Å². The maximum absolute atomic E-state index is 12.6. The number of hydrogen-bond acceptors (Lipinski definition) is 5. The van der Waals surface area contributed by atoms with Crippen LogP contribution in [0.4, 0.5) is 11.5 Å². The lowest BCUT2D eigenvalue weighted by Gasteiger charge is -2.08. The Kier molecular flexibility index (Phi) is 4.53. The minimum atomic E-state index is -0.191. The molecule has 0 saturated heterocycles. The average molecular weight is 394 g/mol. The van der Waals surface area contributed by atoms with Crippen LogP contribution in [-0.4, -0.2) is 25.8 Å². The molecule has 0 atom stereocenters. The Bertz CT molecular complexity index is 1330. The van der Waals surface area contributed by atoms with Crippen molar-refractivity contribution in [3.63, 3.8) is 0 Å². The molecule has 0 radical (unpaired) electrons. The van der Waals surface area contributed by atoms with Gasteiger partial charge in [-0.05, 0) is 48.5 Å². The quantitative estimate of drug-likeness (QED) is 0.416. The van der Waals surface area contributed by atoms with Crippen LogP contribution in [0.2, 0.25) is 0 Å². The molecule has 0 saturated carbocycles. The predicted molar refractivity (Wildman–Crippen MR) is 117 cm³/mol. The van der Waals surface area contributed by atoms with Gasteiger partial charge in [0.15, 0.2) is 0 Å². The molecule has 0 unspecified atom stereocenters. The number of nitrogens with one attached hydrogen (secondary N) is 3. The topological polar surface area (TPSA) is 95.6 Å². The number of para-hydroxylation sites is 2. The van der Waals surface area contributed by atoms with Crippen molar-refractivity contribution in [1.29, 1.82) is 0 Å². The molecule has 2 aromatic carbocycles. The normalized spacial score (nSPS) is 10.9. The lowest BCUT2D eigenvalue weighted by Crippen LogP contribution is -2.23. The van der Waals surface area contributed by atoms with Gasteiger partial charge >= 0.3 is 0 Å². The first kappa shape index (κ1) is 17.8. The van der Waals surface area contributed by atoms with Crippen LogP contribution in [0.3, 0.4) is 0 Å². The third kappa shape index (κ3) is 3.68. The maximum atomic E-state index is 12.6. The van der Waals surface area contributed by atoms with Gasteiger partial charge in [0, 0.05) is 29.0 Å². The number of fused-ring (bicyclic) bond motifs is 2. The van der Waals surface area contributed by atoms with E-state index in [0.29, 0.717) is 23.8 Å². The summed E-state index contributed by atoms with van der Waals surface area (Å²) in [5.74, 6) is 1.11. The van der Waals surface area contributed by atoms with E-state index >= 15 is 0 Å². The molecular weight excluding hydrogens is 376 g/mol. The molecule has 5 rings (SSSR count). The monoisotopic (exact) mass is 394 g/mol. The Morgan fingerprint density at radius 1 is 0.900 bits per heavy atom. The van der Waals surface area contributed by atoms with Crippen LogP contribution < -0.4 is 10.6 Å². The molecule has 3 N–H and O–H groups in total. The molecule has 0 spiro atoms. The highest BCUT2D eigenvalue weighted by Gasteiger charge is 2.09. The Hall–Kier alpha value is -4.26. The molecule has 0 fully saturated rings. The minimum absolute atomic E-state index is 0.191. The SMILES string of the molecule is O=C(NCc1nc2ccccc2[nH]1)c1ccnc(Nc2ccc3ncccc3c2)c1. The zero-order chi connectivity index (χ0) is 20.3. The minimum Gasteiger partial charge on any atom is -0.345 e. The van der Waals surface area contributed by atoms with E-state index in [0.717, 1.165) is 27.6 Å². The van der Waals surface area contributed by atoms with Crippen LogP contribution in [0.1, 0.15) is 16.2 Å². The molecule has 7 nitrogen and oxygen atoms in total. The molecular formula is C23H18N6O. The smallest absolute Gasteiger partial charge is 0.251 e. The van der Waals surface area contributed by atoms with Crippen LogP contribution in [0.25, 0.3) is 21.9 Å². The van der Waals surface area contributed by atoms with Gasteiger partial charge in [-0.2, -0.15) is 0 Å². The van der Waals surface area contributed by atoms with Crippen molar-refractivity contribution in [2.75, 3.05) is 5.32 Å². The highest BCUT2D eigenvalue weighted by Crippen LogP contribution is 2.20. The number of nitrogens with zero attached hydrogens (tertiary/aromatic N) is 3. The largest absolute Gasteiger partial charge is 0.345 e. The zero-order valence-electron chi connectivity index (χ0n) is 16.0. The molecule has 7 heteroatoms. The van der Waals surface area contributed by atoms with Gasteiger partial charge in [-0.3, -0.25) is 9.78 Å². The van der Waals surface area contributed by atoms with E-state index in [-0.39, 0.29) is 5.91 Å². The fourth-order valence-corrected chi connectivity index (χ4v) is 3.30. The molecule has 0 bridgehead atoms. The van der Waals surface area contributed by atoms with Crippen molar-refractivity contribution in [1.82, 2.24) is 25.3 Å². The fraction of sp³-hybridized carbons (Fsp3) is 0.0435. The standard InChI is InChI=1S/C23H18N6O/c30-23(26-14-22-28-19-5-1-2-6-20(19)29-22)16-9-11-25-21(13-16)27-17-7-8-18-15(12-17)4-3-10-24-18/h1-13H,14H2,(H,25,27)(H,26,30)(H,28,29). The summed E-state index contributed by atoms with van der Waals surface area (Å²) in [4.78, 5) is 28.9. The summed E-state index contributed by atoms with van der Waals surface area (Å²) in [6.07, 6.45) is 3.38. The van der Waals surface area contributed by atoms with E-state index in [4.69, 9.17) is 0 Å². The third-order valence-corrected chi connectivity index (χ3v) is 4.75. The number of anilines is 2. The highest BCUT2D eigenvalue weighted by molar-refractivity contribution is 5.95. The molecule has 0 aliphatic carbocycles. The molecule has 3 aromatic heterocycles. The van der Waals surface area contributed by atoms with Crippen molar-refractivity contribution in [2.24, 2.45) is 0 Å². The number of amides is 1. The summed E-state index contributed by atoms with van der Waals surface area (Å²) in [5.41, 5.74) is 4.15. The van der Waals surface area contributed by atoms with Crippen LogP contribution in [0, 0.1) is 0 Å². The fourth-order valence-electron chi connectivity index (χ4n) is 3.30. The van der Waals surface area contributed by atoms with Gasteiger partial charge in [-0.1, -0.05) is 18.2 Å². The number of aromatic amines is 1. The first-order valence-corrected chi connectivity index (χ1v) is 9.54.